The maximum absolute atomic E-state index is 12.9. The summed E-state index contributed by atoms with van der Waals surface area (Å²) in [4.78, 5) is 25.7. The zero-order valence-corrected chi connectivity index (χ0v) is 21.9. The summed E-state index contributed by atoms with van der Waals surface area (Å²) in [6.07, 6.45) is 5.42. The van der Waals surface area contributed by atoms with Gasteiger partial charge in [-0.1, -0.05) is 13.0 Å². The number of aliphatic hydroxyl groups is 2. The zero-order chi connectivity index (χ0) is 25.5. The molecule has 1 fully saturated rings. The number of fused-ring (bicyclic) bond motifs is 2. The molecule has 35 heavy (non-hydrogen) atoms. The van der Waals surface area contributed by atoms with Crippen LogP contribution in [0.1, 0.15) is 58.6 Å². The molecule has 0 aromatic carbocycles. The Morgan fingerprint density at radius 3 is 2.77 bits per heavy atom. The normalized spacial score (nSPS) is 36.7. The lowest BCUT2D eigenvalue weighted by atomic mass is 9.75. The van der Waals surface area contributed by atoms with Crippen LogP contribution in [0, 0.1) is 11.8 Å². The van der Waals surface area contributed by atoms with Gasteiger partial charge in [0, 0.05) is 30.9 Å². The molecule has 3 heterocycles. The number of aliphatic hydroxyl groups excluding tert-OH is 2. The first-order valence-electron chi connectivity index (χ1n) is 12.3. The van der Waals surface area contributed by atoms with E-state index in [0.29, 0.717) is 12.8 Å². The molecule has 0 radical (unpaired) electrons. The number of ketones is 1. The minimum Gasteiger partial charge on any atom is -0.458 e. The summed E-state index contributed by atoms with van der Waals surface area (Å²) >= 11 is 1.60. The Labute approximate surface area is 210 Å². The smallest absolute Gasteiger partial charge is 0.309 e. The molecule has 2 aliphatic heterocycles. The number of nitrogens with zero attached hydrogens (tertiary/aromatic N) is 2. The van der Waals surface area contributed by atoms with Gasteiger partial charge in [0.2, 0.25) is 0 Å². The first-order valence-corrected chi connectivity index (χ1v) is 13.5. The number of cyclic esters (lactones) is 1. The van der Waals surface area contributed by atoms with Crippen LogP contribution in [0.25, 0.3) is 6.08 Å². The molecule has 1 aromatic rings. The van der Waals surface area contributed by atoms with Crippen LogP contribution in [0.4, 0.5) is 0 Å². The summed E-state index contributed by atoms with van der Waals surface area (Å²) in [5, 5.41) is 26.9. The third-order valence-electron chi connectivity index (χ3n) is 7.66. The summed E-state index contributed by atoms with van der Waals surface area (Å²) in [5.74, 6) is -1.76. The molecule has 9 heteroatoms. The van der Waals surface area contributed by atoms with Gasteiger partial charge in [0.05, 0.1) is 41.1 Å². The molecule has 7 atom stereocenters. The number of ether oxygens (including phenoxy) is 2. The summed E-state index contributed by atoms with van der Waals surface area (Å²) < 4.78 is 13.7. The highest BCUT2D eigenvalue weighted by molar-refractivity contribution is 7.98. The molecular formula is C26H36N2O6S. The monoisotopic (exact) mass is 504 g/mol. The van der Waals surface area contributed by atoms with Crippen molar-refractivity contribution in [2.45, 2.75) is 87.9 Å². The second kappa shape index (κ2) is 10.2. The first kappa shape index (κ1) is 26.1. The molecule has 0 unspecified atom stereocenters. The minimum atomic E-state index is -1.26. The number of aromatic nitrogens is 2. The van der Waals surface area contributed by atoms with E-state index < -0.39 is 30.2 Å². The summed E-state index contributed by atoms with van der Waals surface area (Å²) in [6.45, 7) is 5.65. The highest BCUT2D eigenvalue weighted by atomic mass is 32.2. The van der Waals surface area contributed by atoms with E-state index in [0.717, 1.165) is 29.1 Å². The predicted octanol–water partition coefficient (Wildman–Crippen LogP) is 3.06. The zero-order valence-electron chi connectivity index (χ0n) is 21.1. The molecule has 192 valence electrons. The van der Waals surface area contributed by atoms with E-state index in [1.165, 1.54) is 0 Å². The van der Waals surface area contributed by atoms with Gasteiger partial charge in [-0.15, -0.1) is 11.8 Å². The number of esters is 1. The van der Waals surface area contributed by atoms with E-state index in [2.05, 4.69) is 12.0 Å². The van der Waals surface area contributed by atoms with Gasteiger partial charge < -0.3 is 19.7 Å². The fourth-order valence-corrected chi connectivity index (χ4v) is 5.83. The van der Waals surface area contributed by atoms with Gasteiger partial charge in [-0.3, -0.25) is 14.3 Å². The van der Waals surface area contributed by atoms with Crippen LogP contribution < -0.4 is 0 Å². The number of rotatable bonds is 3. The van der Waals surface area contributed by atoms with Crippen molar-refractivity contribution in [3.63, 3.8) is 0 Å². The Bertz CT molecular complexity index is 1050. The van der Waals surface area contributed by atoms with Crippen LogP contribution >= 0.6 is 11.8 Å². The van der Waals surface area contributed by atoms with E-state index in [1.54, 1.807) is 29.4 Å². The maximum atomic E-state index is 12.9. The minimum absolute atomic E-state index is 0.0510. The number of Topliss-reactive ketones (excluding diaryl/α,β-unsaturated/α-hetero) is 1. The van der Waals surface area contributed by atoms with Crippen molar-refractivity contribution in [1.82, 2.24) is 9.78 Å². The second-order valence-electron chi connectivity index (χ2n) is 10.3. The lowest BCUT2D eigenvalue weighted by Crippen LogP contribution is -2.40. The van der Waals surface area contributed by atoms with Crippen molar-refractivity contribution in [2.75, 3.05) is 6.26 Å². The number of thioether (sulfide) groups is 1. The van der Waals surface area contributed by atoms with Crippen molar-refractivity contribution in [2.24, 2.45) is 18.9 Å². The van der Waals surface area contributed by atoms with Gasteiger partial charge >= 0.3 is 5.97 Å². The maximum Gasteiger partial charge on any atom is 0.309 e. The third-order valence-corrected chi connectivity index (χ3v) is 8.46. The van der Waals surface area contributed by atoms with Crippen molar-refractivity contribution in [3.8, 4) is 0 Å². The van der Waals surface area contributed by atoms with Crippen molar-refractivity contribution in [3.05, 3.63) is 29.0 Å². The number of epoxide rings is 1. The van der Waals surface area contributed by atoms with Crippen LogP contribution in [-0.4, -0.2) is 68.0 Å². The number of aryl methyl sites for hydroxylation is 1. The highest BCUT2D eigenvalue weighted by Crippen LogP contribution is 2.45. The number of carbonyl (C=O) groups excluding carboxylic acids is 2. The largest absolute Gasteiger partial charge is 0.458 e. The van der Waals surface area contributed by atoms with E-state index in [-0.39, 0.29) is 35.4 Å². The molecule has 1 aromatic heterocycles. The topological polar surface area (TPSA) is 114 Å². The SMILES string of the molecule is CSc1cc(/C=C(\C)[C@@H]2C[C@@H]3O[C@]3(C)CCC[C@@H]3C=C(C(=O)[C@H](C)[C@H]3O)[C@@H](O)CC(=O)O2)nn1C. The van der Waals surface area contributed by atoms with Gasteiger partial charge in [-0.05, 0) is 57.1 Å². The van der Waals surface area contributed by atoms with Gasteiger partial charge in [0.15, 0.2) is 5.78 Å². The molecule has 8 nitrogen and oxygen atoms in total. The molecule has 3 aliphatic rings. The van der Waals surface area contributed by atoms with Crippen molar-refractivity contribution >= 4 is 29.6 Å². The Kier molecular flexibility index (Phi) is 7.62. The summed E-state index contributed by atoms with van der Waals surface area (Å²) in [6, 6.07) is 1.98. The van der Waals surface area contributed by atoms with E-state index >= 15 is 0 Å². The van der Waals surface area contributed by atoms with Crippen LogP contribution in [0.2, 0.25) is 0 Å². The number of carbonyl (C=O) groups is 2. The van der Waals surface area contributed by atoms with Gasteiger partial charge in [0.1, 0.15) is 6.10 Å². The number of hydrogen-bond acceptors (Lipinski definition) is 8. The van der Waals surface area contributed by atoms with E-state index in [4.69, 9.17) is 9.47 Å². The van der Waals surface area contributed by atoms with Gasteiger partial charge in [-0.2, -0.15) is 5.10 Å². The predicted molar refractivity (Wildman–Crippen MR) is 133 cm³/mol. The Morgan fingerprint density at radius 2 is 2.09 bits per heavy atom. The van der Waals surface area contributed by atoms with E-state index in [1.807, 2.05) is 32.4 Å². The van der Waals surface area contributed by atoms with Gasteiger partial charge in [0.25, 0.3) is 0 Å². The fourth-order valence-electron chi connectivity index (χ4n) is 5.28. The molecule has 1 saturated heterocycles. The molecular weight excluding hydrogens is 468 g/mol. The average molecular weight is 505 g/mol. The molecule has 0 spiro atoms. The summed E-state index contributed by atoms with van der Waals surface area (Å²) in [7, 11) is 1.89. The lowest BCUT2D eigenvalue weighted by molar-refractivity contribution is -0.149. The average Bonchev–Trinajstić information content (AvgIpc) is 3.29. The van der Waals surface area contributed by atoms with Crippen LogP contribution in [-0.2, 0) is 26.1 Å². The van der Waals surface area contributed by atoms with E-state index in [9.17, 15) is 19.8 Å². The molecule has 4 rings (SSSR count). The Balaban J connectivity index is 1.59. The van der Waals surface area contributed by atoms with Gasteiger partial charge in [-0.25, -0.2) is 0 Å². The highest BCUT2D eigenvalue weighted by Gasteiger charge is 2.53. The van der Waals surface area contributed by atoms with Crippen molar-refractivity contribution in [1.29, 1.82) is 0 Å². The fraction of sp³-hybridized carbons (Fsp3) is 0.654. The lowest BCUT2D eigenvalue weighted by Gasteiger charge is -2.32. The number of hydrogen-bond donors (Lipinski definition) is 2. The quantitative estimate of drug-likeness (QED) is 0.367. The molecule has 0 saturated carbocycles. The Hall–Kier alpha value is -1.94. The standard InChI is InChI=1S/C26H36N2O6S/c1-14(9-17-11-22(35-5)28(4)27-17)20-13-21-26(3,34-21)8-6-7-16-10-18(19(29)12-23(30)33-20)25(32)15(2)24(16)31/h9-11,15-16,19-21,24,29,31H,6-8,12-13H2,1-5H3/b14-9+/t15-,16-,19+,20+,21+,24-,26-/m1/s1. The van der Waals surface area contributed by atoms with Crippen LogP contribution in [0.3, 0.4) is 0 Å². The molecule has 0 amide bonds. The molecule has 2 N–H and O–H groups in total. The molecule has 1 aliphatic carbocycles. The van der Waals surface area contributed by atoms with Crippen molar-refractivity contribution < 1.29 is 29.3 Å². The first-order chi connectivity index (χ1) is 16.5. The van der Waals surface area contributed by atoms with Crippen LogP contribution in [0.15, 0.2) is 28.3 Å². The molecule has 2 bridgehead atoms. The summed E-state index contributed by atoms with van der Waals surface area (Å²) in [5.41, 5.74) is 1.52. The Morgan fingerprint density at radius 1 is 1.34 bits per heavy atom. The third kappa shape index (κ3) is 5.58. The van der Waals surface area contributed by atoms with Crippen LogP contribution in [0.5, 0.6) is 0 Å². The second-order valence-corrected chi connectivity index (χ2v) is 11.1.